The lowest BCUT2D eigenvalue weighted by atomic mass is 10.0. The summed E-state index contributed by atoms with van der Waals surface area (Å²) in [6.45, 7) is 8.77. The molecule has 3 N–H and O–H groups in total. The predicted octanol–water partition coefficient (Wildman–Crippen LogP) is 5.60. The highest BCUT2D eigenvalue weighted by molar-refractivity contribution is 7.15. The molecule has 2 saturated heterocycles. The van der Waals surface area contributed by atoms with E-state index in [1.807, 2.05) is 48.4 Å². The number of cyclic esters (lactones) is 1. The molecule has 2 aliphatic heterocycles. The molecular formula is C30H35ClN6O3S. The van der Waals surface area contributed by atoms with Gasteiger partial charge in [0, 0.05) is 46.5 Å². The van der Waals surface area contributed by atoms with Crippen LogP contribution in [0.1, 0.15) is 49.4 Å². The van der Waals surface area contributed by atoms with Crippen molar-refractivity contribution in [1.82, 2.24) is 24.8 Å². The standard InChI is InChI=1S/C23H24ClN5OS.C7H11NO2/c1-13(2)26-10-17-11-27-22(31-17)18-9-21-19(8-20(18)25)23(30)29(14(3)28-21)12-15-4-6-16(24)7-5-15;9-7-8-4-2-1-3-6(8)5-10-7/h4-9,11,13,26H,10,12,25H2,1-3H3;6H,1-5H2. The van der Waals surface area contributed by atoms with Gasteiger partial charge in [-0.2, -0.15) is 0 Å². The lowest BCUT2D eigenvalue weighted by Gasteiger charge is -2.25. The Labute approximate surface area is 248 Å². The minimum atomic E-state index is -0.114. The van der Waals surface area contributed by atoms with Gasteiger partial charge in [0.2, 0.25) is 0 Å². The summed E-state index contributed by atoms with van der Waals surface area (Å²) in [7, 11) is 0. The number of halogens is 1. The van der Waals surface area contributed by atoms with Gasteiger partial charge in [0.25, 0.3) is 5.56 Å². The van der Waals surface area contributed by atoms with Crippen LogP contribution < -0.4 is 16.6 Å². The van der Waals surface area contributed by atoms with Crippen LogP contribution in [-0.2, 0) is 17.8 Å². The molecule has 2 aromatic carbocycles. The second-order valence-corrected chi connectivity index (χ2v) is 12.3. The van der Waals surface area contributed by atoms with E-state index in [2.05, 4.69) is 29.1 Å². The Morgan fingerprint density at radius 1 is 1.20 bits per heavy atom. The van der Waals surface area contributed by atoms with Gasteiger partial charge in [-0.25, -0.2) is 14.8 Å². The number of ether oxygens (including phenoxy) is 1. The van der Waals surface area contributed by atoms with Crippen LogP contribution in [0.2, 0.25) is 5.02 Å². The number of nitrogens with zero attached hydrogens (tertiary/aromatic N) is 4. The number of aryl methyl sites for hydroxylation is 1. The molecule has 11 heteroatoms. The van der Waals surface area contributed by atoms with Crippen molar-refractivity contribution < 1.29 is 9.53 Å². The van der Waals surface area contributed by atoms with Crippen LogP contribution >= 0.6 is 22.9 Å². The van der Waals surface area contributed by atoms with Crippen LogP contribution in [0, 0.1) is 6.92 Å². The zero-order valence-corrected chi connectivity index (χ0v) is 25.1. The summed E-state index contributed by atoms with van der Waals surface area (Å²) in [5.41, 5.74) is 9.14. The highest BCUT2D eigenvalue weighted by Crippen LogP contribution is 2.32. The Hall–Kier alpha value is -3.47. The normalized spacial score (nSPS) is 16.5. The molecule has 9 nitrogen and oxygen atoms in total. The fourth-order valence-electron chi connectivity index (χ4n) is 5.02. The summed E-state index contributed by atoms with van der Waals surface area (Å²) in [6.07, 6.45) is 5.28. The number of amides is 1. The Bertz CT molecular complexity index is 1600. The molecule has 2 fully saturated rings. The average molecular weight is 595 g/mol. The van der Waals surface area contributed by atoms with Crippen molar-refractivity contribution in [2.45, 2.75) is 65.2 Å². The van der Waals surface area contributed by atoms with Crippen LogP contribution in [0.25, 0.3) is 21.5 Å². The molecule has 0 spiro atoms. The number of nitrogen functional groups attached to an aromatic ring is 1. The largest absolute Gasteiger partial charge is 0.447 e. The number of carbonyl (C=O) groups excluding carboxylic acids is 1. The maximum absolute atomic E-state index is 13.2. The van der Waals surface area contributed by atoms with Gasteiger partial charge in [0.1, 0.15) is 17.4 Å². The number of hydrogen-bond donors (Lipinski definition) is 2. The van der Waals surface area contributed by atoms with Gasteiger partial charge in [-0.3, -0.25) is 9.36 Å². The summed E-state index contributed by atoms with van der Waals surface area (Å²) in [6, 6.07) is 11.8. The molecule has 2 aliphatic rings. The molecular weight excluding hydrogens is 560 g/mol. The van der Waals surface area contributed by atoms with Gasteiger partial charge >= 0.3 is 6.09 Å². The lowest BCUT2D eigenvalue weighted by Crippen LogP contribution is -2.37. The van der Waals surface area contributed by atoms with E-state index in [1.54, 1.807) is 22.0 Å². The first kappa shape index (κ1) is 29.0. The van der Waals surface area contributed by atoms with Crippen molar-refractivity contribution >= 4 is 45.6 Å². The second-order valence-electron chi connectivity index (χ2n) is 10.7. The molecule has 4 heterocycles. The molecule has 216 valence electrons. The molecule has 2 aromatic heterocycles. The first-order valence-corrected chi connectivity index (χ1v) is 15.1. The van der Waals surface area contributed by atoms with Gasteiger partial charge in [0.05, 0.1) is 23.5 Å². The summed E-state index contributed by atoms with van der Waals surface area (Å²) >= 11 is 7.56. The van der Waals surface area contributed by atoms with E-state index < -0.39 is 0 Å². The predicted molar refractivity (Wildman–Crippen MR) is 164 cm³/mol. The summed E-state index contributed by atoms with van der Waals surface area (Å²) in [5, 5.41) is 5.38. The first-order chi connectivity index (χ1) is 19.7. The highest BCUT2D eigenvalue weighted by atomic mass is 35.5. The molecule has 0 radical (unpaired) electrons. The van der Waals surface area contributed by atoms with Gasteiger partial charge < -0.3 is 20.7 Å². The van der Waals surface area contributed by atoms with Crippen LogP contribution in [-0.4, -0.2) is 50.8 Å². The van der Waals surface area contributed by atoms with Crippen molar-refractivity contribution in [3.05, 3.63) is 74.2 Å². The van der Waals surface area contributed by atoms with Crippen molar-refractivity contribution in [3.63, 3.8) is 0 Å². The van der Waals surface area contributed by atoms with E-state index in [4.69, 9.17) is 22.1 Å². The lowest BCUT2D eigenvalue weighted by molar-refractivity contribution is 0.154. The van der Waals surface area contributed by atoms with Gasteiger partial charge in [-0.15, -0.1) is 11.3 Å². The SMILES string of the molecule is Cc1nc2cc(-c3ncc(CNC(C)C)s3)c(N)cc2c(=O)n1Cc1ccc(Cl)cc1.O=C1OCC2CCCCN12. The molecule has 1 amide bonds. The molecule has 0 aliphatic carbocycles. The van der Waals surface area contributed by atoms with E-state index in [9.17, 15) is 9.59 Å². The minimum Gasteiger partial charge on any atom is -0.447 e. The maximum atomic E-state index is 13.2. The molecule has 4 aromatic rings. The molecule has 0 saturated carbocycles. The number of hydrogen-bond acceptors (Lipinski definition) is 8. The Kier molecular flexibility index (Phi) is 8.91. The number of carbonyl (C=O) groups is 1. The summed E-state index contributed by atoms with van der Waals surface area (Å²) < 4.78 is 6.54. The number of rotatable bonds is 6. The highest BCUT2D eigenvalue weighted by Gasteiger charge is 2.34. The summed E-state index contributed by atoms with van der Waals surface area (Å²) in [4.78, 5) is 36.3. The monoisotopic (exact) mass is 594 g/mol. The van der Waals surface area contributed by atoms with E-state index in [-0.39, 0.29) is 11.7 Å². The third kappa shape index (κ3) is 6.72. The zero-order valence-electron chi connectivity index (χ0n) is 23.5. The number of nitrogens with one attached hydrogen (secondary N) is 1. The number of fused-ring (bicyclic) bond motifs is 2. The van der Waals surface area contributed by atoms with Gasteiger partial charge in [0.15, 0.2) is 0 Å². The minimum absolute atomic E-state index is 0.107. The van der Waals surface area contributed by atoms with E-state index in [0.717, 1.165) is 46.9 Å². The fourth-order valence-corrected chi connectivity index (χ4v) is 6.05. The Balaban J connectivity index is 0.000000282. The maximum Gasteiger partial charge on any atom is 0.410 e. The van der Waals surface area contributed by atoms with Crippen molar-refractivity contribution in [2.24, 2.45) is 0 Å². The third-order valence-electron chi connectivity index (χ3n) is 7.30. The Morgan fingerprint density at radius 3 is 2.71 bits per heavy atom. The first-order valence-electron chi connectivity index (χ1n) is 13.9. The van der Waals surface area contributed by atoms with Crippen molar-refractivity contribution in [1.29, 1.82) is 0 Å². The van der Waals surface area contributed by atoms with E-state index in [1.165, 1.54) is 6.42 Å². The number of piperidine rings is 1. The zero-order chi connectivity index (χ0) is 29.1. The van der Waals surface area contributed by atoms with Gasteiger partial charge in [-0.1, -0.05) is 37.6 Å². The number of nitrogens with two attached hydrogens (primary N) is 1. The number of anilines is 1. The molecule has 6 rings (SSSR count). The number of benzene rings is 2. The quantitative estimate of drug-likeness (QED) is 0.279. The topological polar surface area (TPSA) is 115 Å². The van der Waals surface area contributed by atoms with Crippen LogP contribution in [0.15, 0.2) is 47.4 Å². The third-order valence-corrected chi connectivity index (χ3v) is 8.58. The average Bonchev–Trinajstić information content (AvgIpc) is 3.58. The molecule has 1 unspecified atom stereocenters. The van der Waals surface area contributed by atoms with Crippen LogP contribution in [0.5, 0.6) is 0 Å². The number of thiazole rings is 1. The van der Waals surface area contributed by atoms with Crippen molar-refractivity contribution in [3.8, 4) is 10.6 Å². The van der Waals surface area contributed by atoms with Crippen LogP contribution in [0.3, 0.4) is 0 Å². The van der Waals surface area contributed by atoms with Gasteiger partial charge in [-0.05, 0) is 56.0 Å². The molecule has 41 heavy (non-hydrogen) atoms. The second kappa shape index (κ2) is 12.6. The van der Waals surface area contributed by atoms with E-state index >= 15 is 0 Å². The number of aromatic nitrogens is 3. The fraction of sp³-hybridized carbons (Fsp3) is 0.400. The van der Waals surface area contributed by atoms with E-state index in [0.29, 0.717) is 52.7 Å². The van der Waals surface area contributed by atoms with Crippen molar-refractivity contribution in [2.75, 3.05) is 18.9 Å². The smallest absolute Gasteiger partial charge is 0.410 e. The summed E-state index contributed by atoms with van der Waals surface area (Å²) in [5.74, 6) is 0.643. The molecule has 1 atom stereocenters. The Morgan fingerprint density at radius 2 is 1.98 bits per heavy atom. The molecule has 0 bridgehead atoms. The van der Waals surface area contributed by atoms with Crippen LogP contribution in [0.4, 0.5) is 10.5 Å².